The Morgan fingerprint density at radius 3 is 2.26 bits per heavy atom. The monoisotopic (exact) mass is 294 g/mol. The number of benzene rings is 2. The van der Waals surface area contributed by atoms with Crippen LogP contribution in [0.4, 0.5) is 0 Å². The van der Waals surface area contributed by atoms with Gasteiger partial charge in [0.1, 0.15) is 0 Å². The molecule has 0 aliphatic carbocycles. The van der Waals surface area contributed by atoms with Crippen LogP contribution < -0.4 is 4.83 Å². The molecule has 1 N–H and O–H groups in total. The Morgan fingerprint density at radius 1 is 1.00 bits per heavy atom. The molecule has 0 fully saturated rings. The van der Waals surface area contributed by atoms with Crippen molar-refractivity contribution in [1.29, 1.82) is 0 Å². The second kappa shape index (κ2) is 5.86. The third-order valence-corrected chi connectivity index (χ3v) is 3.80. The van der Waals surface area contributed by atoms with E-state index in [1.54, 1.807) is 42.5 Å². The lowest BCUT2D eigenvalue weighted by Gasteiger charge is -2.02. The summed E-state index contributed by atoms with van der Waals surface area (Å²) in [5.74, 6) is 0. The maximum Gasteiger partial charge on any atom is 0.276 e. The van der Waals surface area contributed by atoms with E-state index in [0.29, 0.717) is 5.02 Å². The van der Waals surface area contributed by atoms with Crippen molar-refractivity contribution < 1.29 is 8.42 Å². The maximum atomic E-state index is 11.8. The van der Waals surface area contributed by atoms with Gasteiger partial charge in [0.25, 0.3) is 10.0 Å². The summed E-state index contributed by atoms with van der Waals surface area (Å²) < 4.78 is 23.7. The van der Waals surface area contributed by atoms with Crippen LogP contribution in [0.5, 0.6) is 0 Å². The van der Waals surface area contributed by atoms with Crippen molar-refractivity contribution in [3.63, 3.8) is 0 Å². The summed E-state index contributed by atoms with van der Waals surface area (Å²) in [4.78, 5) is 2.32. The highest BCUT2D eigenvalue weighted by Gasteiger charge is 2.10. The van der Waals surface area contributed by atoms with E-state index < -0.39 is 10.0 Å². The molecule has 0 heterocycles. The van der Waals surface area contributed by atoms with Crippen LogP contribution in [0.25, 0.3) is 0 Å². The number of sulfonamides is 1. The van der Waals surface area contributed by atoms with Gasteiger partial charge in [0, 0.05) is 5.02 Å². The Balaban J connectivity index is 2.08. The van der Waals surface area contributed by atoms with Crippen LogP contribution in [0.1, 0.15) is 5.56 Å². The Morgan fingerprint density at radius 2 is 1.63 bits per heavy atom. The minimum atomic E-state index is -3.61. The first-order chi connectivity index (χ1) is 9.08. The summed E-state index contributed by atoms with van der Waals surface area (Å²) in [6, 6.07) is 14.9. The molecule has 4 nitrogen and oxygen atoms in total. The molecule has 6 heteroatoms. The third kappa shape index (κ3) is 3.81. The van der Waals surface area contributed by atoms with Crippen LogP contribution in [-0.2, 0) is 10.0 Å². The Bertz CT molecular complexity index is 668. The molecule has 0 bridgehead atoms. The second-order valence-corrected chi connectivity index (χ2v) is 5.81. The topological polar surface area (TPSA) is 58.5 Å². The van der Waals surface area contributed by atoms with Gasteiger partial charge in [-0.05, 0) is 29.8 Å². The van der Waals surface area contributed by atoms with Crippen molar-refractivity contribution >= 4 is 27.8 Å². The smallest absolute Gasteiger partial charge is 0.200 e. The number of hydrogen-bond donors (Lipinski definition) is 1. The molecule has 0 unspecified atom stereocenters. The highest BCUT2D eigenvalue weighted by Crippen LogP contribution is 2.09. The summed E-state index contributed by atoms with van der Waals surface area (Å²) in [6.07, 6.45) is 1.41. The zero-order valence-electron chi connectivity index (χ0n) is 9.82. The molecule has 0 saturated heterocycles. The predicted molar refractivity (Wildman–Crippen MR) is 75.8 cm³/mol. The van der Waals surface area contributed by atoms with Gasteiger partial charge in [-0.2, -0.15) is 13.5 Å². The number of nitrogens with zero attached hydrogens (tertiary/aromatic N) is 1. The zero-order chi connectivity index (χ0) is 13.7. The lowest BCUT2D eigenvalue weighted by Crippen LogP contribution is -2.18. The molecule has 2 aromatic rings. The molecule has 2 rings (SSSR count). The number of hydrazone groups is 1. The number of hydrogen-bond acceptors (Lipinski definition) is 3. The van der Waals surface area contributed by atoms with Gasteiger partial charge in [0.15, 0.2) is 0 Å². The van der Waals surface area contributed by atoms with E-state index in [1.807, 2.05) is 0 Å². The van der Waals surface area contributed by atoms with Crippen LogP contribution in [0.15, 0.2) is 64.6 Å². The molecule has 98 valence electrons. The van der Waals surface area contributed by atoms with Gasteiger partial charge in [0.2, 0.25) is 0 Å². The minimum absolute atomic E-state index is 0.170. The second-order valence-electron chi connectivity index (χ2n) is 3.72. The molecule has 0 aliphatic rings. The molecule has 0 atom stereocenters. The largest absolute Gasteiger partial charge is 0.276 e. The molecule has 0 aliphatic heterocycles. The van der Waals surface area contributed by atoms with Crippen molar-refractivity contribution in [1.82, 2.24) is 4.83 Å². The maximum absolute atomic E-state index is 11.8. The van der Waals surface area contributed by atoms with Gasteiger partial charge in [0.05, 0.1) is 11.1 Å². The summed E-state index contributed by atoms with van der Waals surface area (Å²) >= 11 is 5.74. The molecular weight excluding hydrogens is 284 g/mol. The summed E-state index contributed by atoms with van der Waals surface area (Å²) in [5.41, 5.74) is 0.750. The number of halogens is 1. The van der Waals surface area contributed by atoms with Crippen molar-refractivity contribution in [2.24, 2.45) is 5.10 Å². The SMILES string of the molecule is O=S(=O)(N/N=C\c1ccc(Cl)cc1)c1ccccc1. The van der Waals surface area contributed by atoms with E-state index >= 15 is 0 Å². The van der Waals surface area contributed by atoms with Crippen LogP contribution in [0, 0.1) is 0 Å². The normalized spacial score (nSPS) is 11.6. The first-order valence-corrected chi connectivity index (χ1v) is 7.29. The van der Waals surface area contributed by atoms with E-state index in [2.05, 4.69) is 9.93 Å². The Labute approximate surface area is 116 Å². The average Bonchev–Trinajstić information content (AvgIpc) is 2.42. The molecular formula is C13H11ClN2O2S. The van der Waals surface area contributed by atoms with Gasteiger partial charge >= 0.3 is 0 Å². The summed E-state index contributed by atoms with van der Waals surface area (Å²) in [6.45, 7) is 0. The van der Waals surface area contributed by atoms with Crippen molar-refractivity contribution in [2.45, 2.75) is 4.90 Å². The van der Waals surface area contributed by atoms with Crippen molar-refractivity contribution in [3.05, 3.63) is 65.2 Å². The van der Waals surface area contributed by atoms with Gasteiger partial charge in [-0.15, -0.1) is 0 Å². The predicted octanol–water partition coefficient (Wildman–Crippen LogP) is 2.65. The Kier molecular flexibility index (Phi) is 4.19. The molecule has 0 saturated carbocycles. The fourth-order valence-corrected chi connectivity index (χ4v) is 2.31. The highest BCUT2D eigenvalue weighted by molar-refractivity contribution is 7.89. The fraction of sp³-hybridized carbons (Fsp3) is 0. The molecule has 2 aromatic carbocycles. The lowest BCUT2D eigenvalue weighted by atomic mass is 10.2. The number of rotatable bonds is 4. The zero-order valence-corrected chi connectivity index (χ0v) is 11.4. The van der Waals surface area contributed by atoms with Gasteiger partial charge < -0.3 is 0 Å². The Hall–Kier alpha value is -1.85. The quantitative estimate of drug-likeness (QED) is 0.696. The van der Waals surface area contributed by atoms with Crippen molar-refractivity contribution in [3.8, 4) is 0 Å². The molecule has 0 radical (unpaired) electrons. The first-order valence-electron chi connectivity index (χ1n) is 5.43. The van der Waals surface area contributed by atoms with E-state index in [-0.39, 0.29) is 4.90 Å². The molecule has 19 heavy (non-hydrogen) atoms. The minimum Gasteiger partial charge on any atom is -0.200 e. The van der Waals surface area contributed by atoms with E-state index in [4.69, 9.17) is 11.6 Å². The van der Waals surface area contributed by atoms with E-state index in [9.17, 15) is 8.42 Å². The van der Waals surface area contributed by atoms with Crippen LogP contribution in [0.3, 0.4) is 0 Å². The van der Waals surface area contributed by atoms with E-state index in [0.717, 1.165) is 5.56 Å². The van der Waals surface area contributed by atoms with Gasteiger partial charge in [-0.1, -0.05) is 41.9 Å². The fourth-order valence-electron chi connectivity index (χ4n) is 1.37. The standard InChI is InChI=1S/C13H11ClN2O2S/c14-12-8-6-11(7-9-12)10-15-16-19(17,18)13-4-2-1-3-5-13/h1-10,16H/b15-10-. The van der Waals surface area contributed by atoms with Crippen LogP contribution in [-0.4, -0.2) is 14.6 Å². The lowest BCUT2D eigenvalue weighted by molar-refractivity contribution is 0.584. The average molecular weight is 295 g/mol. The van der Waals surface area contributed by atoms with Crippen LogP contribution >= 0.6 is 11.6 Å². The van der Waals surface area contributed by atoms with Crippen molar-refractivity contribution in [2.75, 3.05) is 0 Å². The van der Waals surface area contributed by atoms with Gasteiger partial charge in [-0.25, -0.2) is 4.83 Å². The van der Waals surface area contributed by atoms with Crippen LogP contribution in [0.2, 0.25) is 5.02 Å². The molecule has 0 aromatic heterocycles. The summed E-state index contributed by atoms with van der Waals surface area (Å²) in [5, 5.41) is 4.33. The summed E-state index contributed by atoms with van der Waals surface area (Å²) in [7, 11) is -3.61. The van der Waals surface area contributed by atoms with E-state index in [1.165, 1.54) is 18.3 Å². The highest BCUT2D eigenvalue weighted by atomic mass is 35.5. The first kappa shape index (κ1) is 13.6. The third-order valence-electron chi connectivity index (χ3n) is 2.31. The van der Waals surface area contributed by atoms with Gasteiger partial charge in [-0.3, -0.25) is 0 Å². The molecule has 0 spiro atoms. The molecule has 0 amide bonds. The number of nitrogens with one attached hydrogen (secondary N) is 1.